The van der Waals surface area contributed by atoms with Crippen molar-refractivity contribution in [3.8, 4) is 11.8 Å². The van der Waals surface area contributed by atoms with E-state index in [0.29, 0.717) is 31.1 Å². The lowest BCUT2D eigenvalue weighted by molar-refractivity contribution is 0.0937. The molecule has 1 fully saturated rings. The first-order valence-corrected chi connectivity index (χ1v) is 9.52. The van der Waals surface area contributed by atoms with Gasteiger partial charge in [-0.25, -0.2) is 12.7 Å². The minimum atomic E-state index is -3.19. The third-order valence-electron chi connectivity index (χ3n) is 3.98. The van der Waals surface area contributed by atoms with Gasteiger partial charge < -0.3 is 14.8 Å². The molecule has 0 bridgehead atoms. The van der Waals surface area contributed by atoms with Crippen molar-refractivity contribution in [3.63, 3.8) is 0 Å². The molecule has 9 heteroatoms. The van der Waals surface area contributed by atoms with Crippen molar-refractivity contribution in [1.29, 1.82) is 0 Å². The Hall–Kier alpha value is -1.87. The van der Waals surface area contributed by atoms with Crippen LogP contribution in [0.15, 0.2) is 12.1 Å². The normalized spacial score (nSPS) is 18.9. The number of nitrogens with one attached hydrogen (secondary N) is 1. The number of aromatic nitrogens is 1. The molecule has 1 saturated heterocycles. The van der Waals surface area contributed by atoms with Crippen LogP contribution in [-0.4, -0.2) is 63.7 Å². The standard InChI is InChI=1S/C15H23N3O5S/c1-22-13-7-6-12(15(17-13)23-2)14(19)16-9-11-5-4-8-18(10-11)24(3,20)21/h6-7,11H,4-5,8-10H2,1-3H3,(H,16,19). The molecule has 8 nitrogen and oxygen atoms in total. The van der Waals surface area contributed by atoms with Gasteiger partial charge in [0.25, 0.3) is 5.91 Å². The number of carbonyl (C=O) groups is 1. The molecule has 1 N–H and O–H groups in total. The van der Waals surface area contributed by atoms with E-state index in [4.69, 9.17) is 9.47 Å². The molecule has 1 aliphatic rings. The SMILES string of the molecule is COc1ccc(C(=O)NCC2CCCN(S(C)(=O)=O)C2)c(OC)n1. The summed E-state index contributed by atoms with van der Waals surface area (Å²) >= 11 is 0. The van der Waals surface area contributed by atoms with Crippen LogP contribution in [0.1, 0.15) is 23.2 Å². The van der Waals surface area contributed by atoms with Crippen LogP contribution in [0.3, 0.4) is 0 Å². The van der Waals surface area contributed by atoms with E-state index in [9.17, 15) is 13.2 Å². The maximum atomic E-state index is 12.3. The van der Waals surface area contributed by atoms with Gasteiger partial charge >= 0.3 is 0 Å². The quantitative estimate of drug-likeness (QED) is 0.796. The zero-order chi connectivity index (χ0) is 17.7. The summed E-state index contributed by atoms with van der Waals surface area (Å²) in [7, 11) is -0.273. The number of nitrogens with zero attached hydrogens (tertiary/aromatic N) is 2. The molecule has 1 aliphatic heterocycles. The predicted octanol–water partition coefficient (Wildman–Crippen LogP) is 0.500. The predicted molar refractivity (Wildman–Crippen MR) is 88.8 cm³/mol. The lowest BCUT2D eigenvalue weighted by Crippen LogP contribution is -2.43. The van der Waals surface area contributed by atoms with Gasteiger partial charge in [0, 0.05) is 25.7 Å². The Labute approximate surface area is 142 Å². The monoisotopic (exact) mass is 357 g/mol. The van der Waals surface area contributed by atoms with Crippen LogP contribution in [0.25, 0.3) is 0 Å². The smallest absolute Gasteiger partial charge is 0.256 e. The third kappa shape index (κ3) is 4.57. The van der Waals surface area contributed by atoms with E-state index in [1.54, 1.807) is 12.1 Å². The molecule has 0 saturated carbocycles. The number of sulfonamides is 1. The summed E-state index contributed by atoms with van der Waals surface area (Å²) in [5, 5.41) is 2.83. The molecule has 0 spiro atoms. The van der Waals surface area contributed by atoms with E-state index in [2.05, 4.69) is 10.3 Å². The van der Waals surface area contributed by atoms with Crippen LogP contribution in [-0.2, 0) is 10.0 Å². The first kappa shape index (κ1) is 18.5. The molecule has 1 aromatic heterocycles. The number of hydrogen-bond donors (Lipinski definition) is 1. The van der Waals surface area contributed by atoms with Crippen molar-refractivity contribution >= 4 is 15.9 Å². The number of piperidine rings is 1. The van der Waals surface area contributed by atoms with E-state index in [0.717, 1.165) is 12.8 Å². The van der Waals surface area contributed by atoms with Crippen molar-refractivity contribution < 1.29 is 22.7 Å². The molecule has 2 rings (SSSR count). The second-order valence-corrected chi connectivity index (χ2v) is 7.73. The van der Waals surface area contributed by atoms with Gasteiger partial charge in [0.05, 0.1) is 20.5 Å². The molecular weight excluding hydrogens is 334 g/mol. The summed E-state index contributed by atoms with van der Waals surface area (Å²) in [6.07, 6.45) is 2.88. The number of ether oxygens (including phenoxy) is 2. The van der Waals surface area contributed by atoms with E-state index in [-0.39, 0.29) is 17.7 Å². The van der Waals surface area contributed by atoms with Gasteiger partial charge in [-0.3, -0.25) is 4.79 Å². The Morgan fingerprint density at radius 2 is 2.12 bits per heavy atom. The largest absolute Gasteiger partial charge is 0.481 e. The first-order valence-electron chi connectivity index (χ1n) is 7.67. The average Bonchev–Trinajstić information content (AvgIpc) is 2.58. The van der Waals surface area contributed by atoms with Crippen LogP contribution < -0.4 is 14.8 Å². The van der Waals surface area contributed by atoms with Gasteiger partial charge in [-0.05, 0) is 24.8 Å². The minimum Gasteiger partial charge on any atom is -0.481 e. The summed E-state index contributed by atoms with van der Waals surface area (Å²) in [6, 6.07) is 3.17. The Kier molecular flexibility index (Phi) is 6.00. The number of methoxy groups -OCH3 is 2. The lowest BCUT2D eigenvalue weighted by atomic mass is 9.99. The average molecular weight is 357 g/mol. The summed E-state index contributed by atoms with van der Waals surface area (Å²) in [4.78, 5) is 16.4. The van der Waals surface area contributed by atoms with E-state index in [1.165, 1.54) is 24.8 Å². The molecule has 0 aromatic carbocycles. The highest BCUT2D eigenvalue weighted by molar-refractivity contribution is 7.88. The molecular formula is C15H23N3O5S. The van der Waals surface area contributed by atoms with Gasteiger partial charge in [-0.15, -0.1) is 0 Å². The van der Waals surface area contributed by atoms with Gasteiger partial charge in [-0.2, -0.15) is 4.98 Å². The van der Waals surface area contributed by atoms with E-state index in [1.807, 2.05) is 0 Å². The topological polar surface area (TPSA) is 97.8 Å². The van der Waals surface area contributed by atoms with Crippen molar-refractivity contribution in [2.75, 3.05) is 40.1 Å². The first-order chi connectivity index (χ1) is 11.3. The molecule has 1 aromatic rings. The van der Waals surface area contributed by atoms with Crippen LogP contribution in [0.5, 0.6) is 11.8 Å². The van der Waals surface area contributed by atoms with Crippen LogP contribution in [0.4, 0.5) is 0 Å². The Balaban J connectivity index is 1.98. The van der Waals surface area contributed by atoms with Gasteiger partial charge in [0.1, 0.15) is 5.56 Å². The van der Waals surface area contributed by atoms with Crippen molar-refractivity contribution in [2.24, 2.45) is 5.92 Å². The molecule has 0 radical (unpaired) electrons. The molecule has 1 unspecified atom stereocenters. The number of rotatable bonds is 6. The van der Waals surface area contributed by atoms with E-state index < -0.39 is 10.0 Å². The van der Waals surface area contributed by atoms with Crippen LogP contribution in [0, 0.1) is 5.92 Å². The van der Waals surface area contributed by atoms with E-state index >= 15 is 0 Å². The Morgan fingerprint density at radius 1 is 1.38 bits per heavy atom. The summed E-state index contributed by atoms with van der Waals surface area (Å²) in [6.45, 7) is 1.37. The number of carbonyl (C=O) groups excluding carboxylic acids is 1. The molecule has 2 heterocycles. The second-order valence-electron chi connectivity index (χ2n) is 5.75. The summed E-state index contributed by atoms with van der Waals surface area (Å²) in [5.41, 5.74) is 0.314. The number of pyridine rings is 1. The van der Waals surface area contributed by atoms with Gasteiger partial charge in [-0.1, -0.05) is 0 Å². The van der Waals surface area contributed by atoms with Gasteiger partial charge in [0.2, 0.25) is 21.8 Å². The minimum absolute atomic E-state index is 0.0922. The molecule has 1 amide bonds. The van der Waals surface area contributed by atoms with Crippen molar-refractivity contribution in [2.45, 2.75) is 12.8 Å². The zero-order valence-corrected chi connectivity index (χ0v) is 14.9. The highest BCUT2D eigenvalue weighted by Gasteiger charge is 2.26. The zero-order valence-electron chi connectivity index (χ0n) is 14.1. The lowest BCUT2D eigenvalue weighted by Gasteiger charge is -2.31. The molecule has 1 atom stereocenters. The van der Waals surface area contributed by atoms with Crippen LogP contribution >= 0.6 is 0 Å². The Morgan fingerprint density at radius 3 is 2.75 bits per heavy atom. The van der Waals surface area contributed by atoms with Gasteiger partial charge in [0.15, 0.2) is 0 Å². The maximum absolute atomic E-state index is 12.3. The fraction of sp³-hybridized carbons (Fsp3) is 0.600. The number of amides is 1. The second kappa shape index (κ2) is 7.80. The molecule has 0 aliphatic carbocycles. The fourth-order valence-corrected chi connectivity index (χ4v) is 3.63. The van der Waals surface area contributed by atoms with Crippen LogP contribution in [0.2, 0.25) is 0 Å². The fourth-order valence-electron chi connectivity index (χ4n) is 2.69. The molecule has 24 heavy (non-hydrogen) atoms. The highest BCUT2D eigenvalue weighted by atomic mass is 32.2. The van der Waals surface area contributed by atoms with Crippen molar-refractivity contribution in [3.05, 3.63) is 17.7 Å². The number of hydrogen-bond acceptors (Lipinski definition) is 6. The highest BCUT2D eigenvalue weighted by Crippen LogP contribution is 2.21. The molecule has 134 valence electrons. The van der Waals surface area contributed by atoms with Crippen molar-refractivity contribution in [1.82, 2.24) is 14.6 Å². The Bertz CT molecular complexity index is 692. The summed E-state index contributed by atoms with van der Waals surface area (Å²) < 4.78 is 34.9. The summed E-state index contributed by atoms with van der Waals surface area (Å²) in [5.74, 6) is 0.334. The maximum Gasteiger partial charge on any atom is 0.256 e. The third-order valence-corrected chi connectivity index (χ3v) is 5.25.